The van der Waals surface area contributed by atoms with E-state index in [1.165, 1.54) is 21.9 Å². The normalized spacial score (nSPS) is 17.2. The molecule has 2 aromatic rings. The van der Waals surface area contributed by atoms with Gasteiger partial charge in [-0.2, -0.15) is 0 Å². The third kappa shape index (κ3) is 2.78. The smallest absolute Gasteiger partial charge is 0.264 e. The Hall–Kier alpha value is -2.08. The van der Waals surface area contributed by atoms with E-state index in [1.54, 1.807) is 18.3 Å². The molecule has 1 aliphatic heterocycles. The van der Waals surface area contributed by atoms with E-state index in [4.69, 9.17) is 0 Å². The van der Waals surface area contributed by atoms with E-state index in [0.29, 0.717) is 23.7 Å². The Morgan fingerprint density at radius 3 is 2.68 bits per heavy atom. The molecule has 0 unspecified atom stereocenters. The second-order valence-electron chi connectivity index (χ2n) is 6.64. The average molecular weight is 357 g/mol. The first-order chi connectivity index (χ1) is 12.1. The maximum absolute atomic E-state index is 13.3. The molecule has 0 spiro atoms. The second-order valence-corrected chi connectivity index (χ2v) is 8.50. The van der Waals surface area contributed by atoms with Gasteiger partial charge in [-0.1, -0.05) is 6.07 Å². The Kier molecular flexibility index (Phi) is 4.15. The van der Waals surface area contributed by atoms with Crippen molar-refractivity contribution in [2.24, 2.45) is 0 Å². The van der Waals surface area contributed by atoms with Crippen LogP contribution in [-0.4, -0.2) is 33.0 Å². The van der Waals surface area contributed by atoms with Crippen LogP contribution in [0.15, 0.2) is 41.4 Å². The average Bonchev–Trinajstić information content (AvgIpc) is 2.66. The summed E-state index contributed by atoms with van der Waals surface area (Å²) in [5.74, 6) is 0.748. The van der Waals surface area contributed by atoms with Crippen molar-refractivity contribution in [2.45, 2.75) is 37.5 Å². The molecule has 5 nitrogen and oxygen atoms in total. The fourth-order valence-corrected chi connectivity index (χ4v) is 5.33. The SMILES string of the molecule is CCN1CCN(S(=O)(=O)c2ccc3c(c2)CCCC3)c2cccnc21. The van der Waals surface area contributed by atoms with Gasteiger partial charge in [-0.15, -0.1) is 0 Å². The number of benzene rings is 1. The highest BCUT2D eigenvalue weighted by Gasteiger charge is 2.32. The summed E-state index contributed by atoms with van der Waals surface area (Å²) >= 11 is 0. The van der Waals surface area contributed by atoms with E-state index < -0.39 is 10.0 Å². The highest BCUT2D eigenvalue weighted by Crippen LogP contribution is 2.35. The standard InChI is InChI=1S/C19H23N3O2S/c1-2-21-12-13-22(18-8-5-11-20-19(18)21)25(23,24)17-10-9-15-6-3-4-7-16(15)14-17/h5,8-11,14H,2-4,6-7,12-13H2,1H3. The predicted molar refractivity (Wildman–Crippen MR) is 99.7 cm³/mol. The van der Waals surface area contributed by atoms with Gasteiger partial charge in [0.15, 0.2) is 5.82 Å². The highest BCUT2D eigenvalue weighted by atomic mass is 32.2. The van der Waals surface area contributed by atoms with Crippen molar-refractivity contribution in [2.75, 3.05) is 28.8 Å². The van der Waals surface area contributed by atoms with E-state index in [9.17, 15) is 8.42 Å². The molecular weight excluding hydrogens is 334 g/mol. The number of hydrogen-bond acceptors (Lipinski definition) is 4. The number of pyridine rings is 1. The van der Waals surface area contributed by atoms with E-state index in [0.717, 1.165) is 31.6 Å². The van der Waals surface area contributed by atoms with Crippen molar-refractivity contribution < 1.29 is 8.42 Å². The van der Waals surface area contributed by atoms with Gasteiger partial charge in [0.1, 0.15) is 0 Å². The van der Waals surface area contributed by atoms with Crippen molar-refractivity contribution >= 4 is 21.5 Å². The first-order valence-electron chi connectivity index (χ1n) is 8.96. The number of aryl methyl sites for hydroxylation is 2. The summed E-state index contributed by atoms with van der Waals surface area (Å²) in [6, 6.07) is 9.29. The Morgan fingerprint density at radius 2 is 1.88 bits per heavy atom. The molecule has 0 fully saturated rings. The van der Waals surface area contributed by atoms with E-state index >= 15 is 0 Å². The molecule has 1 aliphatic carbocycles. The largest absolute Gasteiger partial charge is 0.353 e. The van der Waals surface area contributed by atoms with Crippen LogP contribution >= 0.6 is 0 Å². The molecule has 1 aromatic carbocycles. The summed E-state index contributed by atoms with van der Waals surface area (Å²) in [6.07, 6.45) is 6.07. The molecule has 0 N–H and O–H groups in total. The fourth-order valence-electron chi connectivity index (χ4n) is 3.82. The van der Waals surface area contributed by atoms with Gasteiger partial charge < -0.3 is 4.90 Å². The van der Waals surface area contributed by atoms with Crippen LogP contribution < -0.4 is 9.21 Å². The molecule has 1 aromatic heterocycles. The summed E-state index contributed by atoms with van der Waals surface area (Å²) in [7, 11) is -3.57. The molecule has 0 saturated heterocycles. The maximum Gasteiger partial charge on any atom is 0.264 e. The van der Waals surface area contributed by atoms with E-state index in [-0.39, 0.29) is 0 Å². The molecule has 0 amide bonds. The first-order valence-corrected chi connectivity index (χ1v) is 10.4. The molecule has 0 atom stereocenters. The molecule has 132 valence electrons. The lowest BCUT2D eigenvalue weighted by Gasteiger charge is -2.36. The van der Waals surface area contributed by atoms with Crippen molar-refractivity contribution in [3.8, 4) is 0 Å². The third-order valence-electron chi connectivity index (χ3n) is 5.20. The number of sulfonamides is 1. The molecule has 0 radical (unpaired) electrons. The third-order valence-corrected chi connectivity index (χ3v) is 7.01. The Morgan fingerprint density at radius 1 is 1.08 bits per heavy atom. The summed E-state index contributed by atoms with van der Waals surface area (Å²) in [6.45, 7) is 3.99. The van der Waals surface area contributed by atoms with Gasteiger partial charge in [0.2, 0.25) is 0 Å². The van der Waals surface area contributed by atoms with Crippen LogP contribution in [0.1, 0.15) is 30.9 Å². The Labute approximate surface area is 149 Å². The van der Waals surface area contributed by atoms with Crippen LogP contribution in [0.5, 0.6) is 0 Å². The van der Waals surface area contributed by atoms with Gasteiger partial charge in [-0.05, 0) is 68.0 Å². The van der Waals surface area contributed by atoms with E-state index in [1.807, 2.05) is 18.2 Å². The lowest BCUT2D eigenvalue weighted by atomic mass is 9.92. The van der Waals surface area contributed by atoms with Gasteiger partial charge in [0.25, 0.3) is 10.0 Å². The van der Waals surface area contributed by atoms with Gasteiger partial charge >= 0.3 is 0 Å². The molecule has 4 rings (SSSR count). The van der Waals surface area contributed by atoms with Gasteiger partial charge in [-0.25, -0.2) is 13.4 Å². The number of likely N-dealkylation sites (N-methyl/N-ethyl adjacent to an activating group) is 1. The monoisotopic (exact) mass is 357 g/mol. The van der Waals surface area contributed by atoms with Crippen LogP contribution in [0.3, 0.4) is 0 Å². The second kappa shape index (κ2) is 6.33. The van der Waals surface area contributed by atoms with Crippen molar-refractivity contribution in [1.82, 2.24) is 4.98 Å². The first kappa shape index (κ1) is 16.4. The molecule has 2 heterocycles. The molecular formula is C19H23N3O2S. The molecule has 0 bridgehead atoms. The summed E-state index contributed by atoms with van der Waals surface area (Å²) in [5.41, 5.74) is 3.15. The number of anilines is 2. The lowest BCUT2D eigenvalue weighted by Crippen LogP contribution is -2.44. The van der Waals surface area contributed by atoms with Crippen LogP contribution in [0, 0.1) is 0 Å². The number of fused-ring (bicyclic) bond motifs is 2. The van der Waals surface area contributed by atoms with E-state index in [2.05, 4.69) is 16.8 Å². The zero-order valence-corrected chi connectivity index (χ0v) is 15.3. The van der Waals surface area contributed by atoms with Gasteiger partial charge in [0.05, 0.1) is 17.1 Å². The summed E-state index contributed by atoms with van der Waals surface area (Å²) in [5, 5.41) is 0. The fraction of sp³-hybridized carbons (Fsp3) is 0.421. The van der Waals surface area contributed by atoms with Crippen LogP contribution in [0.2, 0.25) is 0 Å². The minimum absolute atomic E-state index is 0.396. The Bertz CT molecular complexity index is 895. The molecule has 2 aliphatic rings. The predicted octanol–water partition coefficient (Wildman–Crippen LogP) is 3.00. The lowest BCUT2D eigenvalue weighted by molar-refractivity contribution is 0.587. The zero-order chi connectivity index (χ0) is 17.4. The number of nitrogens with zero attached hydrogens (tertiary/aromatic N) is 3. The maximum atomic E-state index is 13.3. The minimum atomic E-state index is -3.57. The minimum Gasteiger partial charge on any atom is -0.353 e. The number of rotatable bonds is 3. The Balaban J connectivity index is 1.76. The molecule has 0 saturated carbocycles. The summed E-state index contributed by atoms with van der Waals surface area (Å²) < 4.78 is 28.1. The van der Waals surface area contributed by atoms with Crippen molar-refractivity contribution in [1.29, 1.82) is 0 Å². The molecule has 6 heteroatoms. The quantitative estimate of drug-likeness (QED) is 0.847. The van der Waals surface area contributed by atoms with Crippen LogP contribution in [-0.2, 0) is 22.9 Å². The highest BCUT2D eigenvalue weighted by molar-refractivity contribution is 7.92. The topological polar surface area (TPSA) is 53.5 Å². The van der Waals surface area contributed by atoms with Crippen molar-refractivity contribution in [3.63, 3.8) is 0 Å². The van der Waals surface area contributed by atoms with Gasteiger partial charge in [0, 0.05) is 19.3 Å². The summed E-state index contributed by atoms with van der Waals surface area (Å²) in [4.78, 5) is 6.93. The van der Waals surface area contributed by atoms with Gasteiger partial charge in [-0.3, -0.25) is 4.31 Å². The zero-order valence-electron chi connectivity index (χ0n) is 14.5. The number of aromatic nitrogens is 1. The van der Waals surface area contributed by atoms with Crippen LogP contribution in [0.4, 0.5) is 11.5 Å². The number of hydrogen-bond donors (Lipinski definition) is 0. The molecule has 25 heavy (non-hydrogen) atoms. The van der Waals surface area contributed by atoms with Crippen LogP contribution in [0.25, 0.3) is 0 Å². The van der Waals surface area contributed by atoms with Crippen molar-refractivity contribution in [3.05, 3.63) is 47.7 Å².